The summed E-state index contributed by atoms with van der Waals surface area (Å²) < 4.78 is 2.98. The van der Waals surface area contributed by atoms with Gasteiger partial charge in [-0.15, -0.1) is 0 Å². The van der Waals surface area contributed by atoms with Gasteiger partial charge in [0, 0.05) is 27.8 Å². The monoisotopic (exact) mass is 477 g/mol. The summed E-state index contributed by atoms with van der Waals surface area (Å²) in [6, 6.07) is 13.2. The Labute approximate surface area is 182 Å². The van der Waals surface area contributed by atoms with E-state index >= 15 is 0 Å². The van der Waals surface area contributed by atoms with Crippen LogP contribution in [0, 0.1) is 5.41 Å². The van der Waals surface area contributed by atoms with Gasteiger partial charge in [0.15, 0.2) is 11.5 Å². The number of fused-ring (bicyclic) bond motifs is 1. The lowest BCUT2D eigenvalue weighted by atomic mass is 9.76. The van der Waals surface area contributed by atoms with Gasteiger partial charge in [0.2, 0.25) is 0 Å². The van der Waals surface area contributed by atoms with Crippen molar-refractivity contribution in [2.45, 2.75) is 26.7 Å². The van der Waals surface area contributed by atoms with Crippen molar-refractivity contribution in [3.8, 4) is 22.7 Å². The number of aromatic nitrogens is 1. The van der Waals surface area contributed by atoms with Crippen molar-refractivity contribution in [2.75, 3.05) is 0 Å². The van der Waals surface area contributed by atoms with Crippen LogP contribution in [-0.2, 0) is 6.42 Å². The van der Waals surface area contributed by atoms with Gasteiger partial charge in [-0.2, -0.15) is 0 Å². The zero-order chi connectivity index (χ0) is 20.2. The van der Waals surface area contributed by atoms with Crippen molar-refractivity contribution in [3.63, 3.8) is 0 Å². The van der Waals surface area contributed by atoms with Crippen molar-refractivity contribution >= 4 is 44.9 Å². The third kappa shape index (κ3) is 3.38. The van der Waals surface area contributed by atoms with Gasteiger partial charge >= 0.3 is 0 Å². The van der Waals surface area contributed by atoms with Crippen LogP contribution in [-0.4, -0.2) is 15.5 Å². The molecule has 4 rings (SSSR count). The number of benzene rings is 2. The van der Waals surface area contributed by atoms with Gasteiger partial charge in [-0.25, -0.2) is 0 Å². The maximum Gasteiger partial charge on any atom is 0.165 e. The maximum absolute atomic E-state index is 12.9. The van der Waals surface area contributed by atoms with Gasteiger partial charge in [-0.3, -0.25) is 4.79 Å². The number of carbonyl (C=O) groups excluding carboxylic acids is 1. The maximum atomic E-state index is 12.9. The van der Waals surface area contributed by atoms with Crippen LogP contribution in [0.2, 0.25) is 10.0 Å². The molecule has 0 radical (unpaired) electrons. The molecule has 1 aliphatic rings. The quantitative estimate of drug-likeness (QED) is 0.427. The lowest BCUT2D eigenvalue weighted by molar-refractivity contribution is 0.0911. The number of halogens is 3. The van der Waals surface area contributed by atoms with Gasteiger partial charge in [0.25, 0.3) is 0 Å². The minimum Gasteiger partial charge on any atom is -0.505 e. The Morgan fingerprint density at radius 3 is 2.39 bits per heavy atom. The standard InChI is InChI=1S/C22H18BrCl2NO2/c1-22(2)10-19-15(20(27)11-22)9-18(12-4-3-5-13(23)6-12)26(19)14-7-16(24)21(28)17(25)8-14/h3-9,28H,10-11H2,1-2H3. The summed E-state index contributed by atoms with van der Waals surface area (Å²) in [5.41, 5.74) is 4.10. The Kier molecular flexibility index (Phi) is 4.85. The molecule has 1 aromatic heterocycles. The molecule has 144 valence electrons. The molecule has 1 N–H and O–H groups in total. The molecule has 0 aliphatic heterocycles. The summed E-state index contributed by atoms with van der Waals surface area (Å²) in [6.45, 7) is 4.20. The van der Waals surface area contributed by atoms with E-state index in [4.69, 9.17) is 23.2 Å². The molecule has 1 heterocycles. The Balaban J connectivity index is 2.04. The van der Waals surface area contributed by atoms with Gasteiger partial charge in [0.05, 0.1) is 15.7 Å². The van der Waals surface area contributed by atoms with Crippen molar-refractivity contribution in [3.05, 3.63) is 68.2 Å². The summed E-state index contributed by atoms with van der Waals surface area (Å²) in [5.74, 6) is -0.00858. The first-order valence-corrected chi connectivity index (χ1v) is 10.4. The lowest BCUT2D eigenvalue weighted by Gasteiger charge is -2.30. The molecule has 3 nitrogen and oxygen atoms in total. The molecule has 0 fully saturated rings. The summed E-state index contributed by atoms with van der Waals surface area (Å²) in [6.07, 6.45) is 1.26. The summed E-state index contributed by atoms with van der Waals surface area (Å²) in [7, 11) is 0. The number of hydrogen-bond acceptors (Lipinski definition) is 2. The molecule has 3 aromatic rings. The Morgan fingerprint density at radius 2 is 1.75 bits per heavy atom. The molecule has 0 bridgehead atoms. The first-order valence-electron chi connectivity index (χ1n) is 8.88. The fraction of sp³-hybridized carbons (Fsp3) is 0.227. The van der Waals surface area contributed by atoms with Gasteiger partial charge in [0.1, 0.15) is 0 Å². The fourth-order valence-electron chi connectivity index (χ4n) is 3.85. The minimum absolute atomic E-state index is 0.136. The van der Waals surface area contributed by atoms with E-state index in [0.717, 1.165) is 39.1 Å². The molecule has 6 heteroatoms. The molecular formula is C22H18BrCl2NO2. The Hall–Kier alpha value is -1.75. The molecule has 0 amide bonds. The van der Waals surface area contributed by atoms with Crippen LogP contribution in [0.25, 0.3) is 16.9 Å². The predicted molar refractivity (Wildman–Crippen MR) is 117 cm³/mol. The molecule has 0 spiro atoms. The minimum atomic E-state index is -0.145. The summed E-state index contributed by atoms with van der Waals surface area (Å²) >= 11 is 15.9. The zero-order valence-electron chi connectivity index (χ0n) is 15.4. The van der Waals surface area contributed by atoms with Gasteiger partial charge in [-0.05, 0) is 47.7 Å². The number of Topliss-reactive ketones (excluding diaryl/α,β-unsaturated/α-hetero) is 1. The average Bonchev–Trinajstić information content (AvgIpc) is 2.97. The third-order valence-electron chi connectivity index (χ3n) is 5.07. The van der Waals surface area contributed by atoms with E-state index in [-0.39, 0.29) is 27.0 Å². The first kappa shape index (κ1) is 19.6. The normalized spacial score (nSPS) is 15.5. The van der Waals surface area contributed by atoms with E-state index in [0.29, 0.717) is 6.42 Å². The highest BCUT2D eigenvalue weighted by Gasteiger charge is 2.35. The van der Waals surface area contributed by atoms with E-state index in [2.05, 4.69) is 29.8 Å². The smallest absolute Gasteiger partial charge is 0.165 e. The summed E-state index contributed by atoms with van der Waals surface area (Å²) in [4.78, 5) is 12.9. The molecule has 1 aliphatic carbocycles. The molecule has 2 aromatic carbocycles. The third-order valence-corrected chi connectivity index (χ3v) is 6.14. The second kappa shape index (κ2) is 6.94. The summed E-state index contributed by atoms with van der Waals surface area (Å²) in [5, 5.41) is 10.3. The van der Waals surface area contributed by atoms with Crippen molar-refractivity contribution in [2.24, 2.45) is 5.41 Å². The van der Waals surface area contributed by atoms with Crippen molar-refractivity contribution < 1.29 is 9.90 Å². The number of hydrogen-bond donors (Lipinski definition) is 1. The molecule has 0 atom stereocenters. The van der Waals surface area contributed by atoms with Crippen LogP contribution in [0.4, 0.5) is 0 Å². The lowest BCUT2D eigenvalue weighted by Crippen LogP contribution is -2.27. The van der Waals surface area contributed by atoms with E-state index < -0.39 is 0 Å². The number of aromatic hydroxyl groups is 1. The number of phenols is 1. The largest absolute Gasteiger partial charge is 0.505 e. The highest BCUT2D eigenvalue weighted by molar-refractivity contribution is 9.10. The number of rotatable bonds is 2. The second-order valence-electron chi connectivity index (χ2n) is 7.93. The van der Waals surface area contributed by atoms with E-state index in [1.807, 2.05) is 34.9 Å². The van der Waals surface area contributed by atoms with E-state index in [9.17, 15) is 9.90 Å². The van der Waals surface area contributed by atoms with E-state index in [1.165, 1.54) is 0 Å². The van der Waals surface area contributed by atoms with Crippen LogP contribution >= 0.6 is 39.1 Å². The first-order chi connectivity index (χ1) is 13.2. The van der Waals surface area contributed by atoms with Crippen LogP contribution < -0.4 is 0 Å². The molecule has 0 saturated carbocycles. The SMILES string of the molecule is CC1(C)CC(=O)c2cc(-c3cccc(Br)c3)n(-c3cc(Cl)c(O)c(Cl)c3)c2C1. The average molecular weight is 479 g/mol. The van der Waals surface area contributed by atoms with Crippen LogP contribution in [0.3, 0.4) is 0 Å². The zero-order valence-corrected chi connectivity index (χ0v) is 18.5. The molecular weight excluding hydrogens is 461 g/mol. The fourth-order valence-corrected chi connectivity index (χ4v) is 4.72. The van der Waals surface area contributed by atoms with Crippen LogP contribution in [0.1, 0.15) is 36.3 Å². The second-order valence-corrected chi connectivity index (χ2v) is 9.66. The van der Waals surface area contributed by atoms with Crippen LogP contribution in [0.5, 0.6) is 5.75 Å². The Bertz CT molecular complexity index is 1090. The van der Waals surface area contributed by atoms with Crippen molar-refractivity contribution in [1.82, 2.24) is 4.57 Å². The van der Waals surface area contributed by atoms with Gasteiger partial charge in [-0.1, -0.05) is 65.1 Å². The molecule has 0 saturated heterocycles. The van der Waals surface area contributed by atoms with Crippen LogP contribution in [0.15, 0.2) is 46.9 Å². The number of phenolic OH excluding ortho intramolecular Hbond substituents is 1. The molecule has 28 heavy (non-hydrogen) atoms. The number of carbonyl (C=O) groups is 1. The Morgan fingerprint density at radius 1 is 1.07 bits per heavy atom. The highest BCUT2D eigenvalue weighted by atomic mass is 79.9. The van der Waals surface area contributed by atoms with Crippen molar-refractivity contribution in [1.29, 1.82) is 0 Å². The topological polar surface area (TPSA) is 42.2 Å². The predicted octanol–water partition coefficient (Wildman–Crippen LogP) is 7.07. The van der Waals surface area contributed by atoms with Gasteiger partial charge < -0.3 is 9.67 Å². The number of ketones is 1. The number of nitrogens with zero attached hydrogens (tertiary/aromatic N) is 1. The van der Waals surface area contributed by atoms with E-state index in [1.54, 1.807) is 12.1 Å². The molecule has 0 unspecified atom stereocenters. The highest BCUT2D eigenvalue weighted by Crippen LogP contribution is 2.42.